The molecule has 2 rings (SSSR count). The van der Waals surface area contributed by atoms with Gasteiger partial charge >= 0.3 is 0 Å². The number of ether oxygens (including phenoxy) is 1. The first-order valence-corrected chi connectivity index (χ1v) is 6.04. The average molecular weight is 246 g/mol. The molecule has 0 spiro atoms. The van der Waals surface area contributed by atoms with Crippen molar-refractivity contribution in [2.45, 2.75) is 25.9 Å². The minimum Gasteiger partial charge on any atom is -0.468 e. The Labute approximate surface area is 107 Å². The van der Waals surface area contributed by atoms with Gasteiger partial charge in [0.05, 0.1) is 12.7 Å². The second kappa shape index (κ2) is 4.86. The maximum Gasteiger partial charge on any atom is 0.284 e. The molecule has 0 amide bonds. The predicted molar refractivity (Wildman–Crippen MR) is 70.6 cm³/mol. The SMILES string of the molecule is CCC(C)(O)c1cc(OC)oc1-c1ccccc1. The summed E-state index contributed by atoms with van der Waals surface area (Å²) < 4.78 is 10.8. The second-order valence-corrected chi connectivity index (χ2v) is 4.51. The lowest BCUT2D eigenvalue weighted by Crippen LogP contribution is -2.19. The minimum atomic E-state index is -0.925. The highest BCUT2D eigenvalue weighted by Gasteiger charge is 2.28. The molecule has 0 fully saturated rings. The van der Waals surface area contributed by atoms with Crippen LogP contribution in [0.3, 0.4) is 0 Å². The van der Waals surface area contributed by atoms with Gasteiger partial charge in [-0.2, -0.15) is 0 Å². The Morgan fingerprint density at radius 2 is 1.94 bits per heavy atom. The number of hydrogen-bond acceptors (Lipinski definition) is 3. The van der Waals surface area contributed by atoms with Crippen molar-refractivity contribution < 1.29 is 14.3 Å². The van der Waals surface area contributed by atoms with E-state index in [1.807, 2.05) is 37.3 Å². The number of hydrogen-bond donors (Lipinski definition) is 1. The molecule has 18 heavy (non-hydrogen) atoms. The van der Waals surface area contributed by atoms with Crippen molar-refractivity contribution in [1.82, 2.24) is 0 Å². The summed E-state index contributed by atoms with van der Waals surface area (Å²) in [6.07, 6.45) is 0.607. The lowest BCUT2D eigenvalue weighted by atomic mass is 9.91. The molecule has 3 nitrogen and oxygen atoms in total. The normalized spacial score (nSPS) is 14.2. The molecule has 96 valence electrons. The fourth-order valence-corrected chi connectivity index (χ4v) is 1.86. The Bertz CT molecular complexity index is 512. The third-order valence-electron chi connectivity index (χ3n) is 3.22. The fourth-order valence-electron chi connectivity index (χ4n) is 1.86. The lowest BCUT2D eigenvalue weighted by Gasteiger charge is -2.20. The molecule has 0 saturated carbocycles. The summed E-state index contributed by atoms with van der Waals surface area (Å²) in [6, 6.07) is 11.5. The van der Waals surface area contributed by atoms with E-state index >= 15 is 0 Å². The van der Waals surface area contributed by atoms with E-state index in [0.29, 0.717) is 18.1 Å². The van der Waals surface area contributed by atoms with Crippen LogP contribution in [-0.4, -0.2) is 12.2 Å². The van der Waals surface area contributed by atoms with Crippen LogP contribution >= 0.6 is 0 Å². The average Bonchev–Trinajstić information content (AvgIpc) is 2.85. The maximum absolute atomic E-state index is 10.4. The highest BCUT2D eigenvalue weighted by Crippen LogP contribution is 2.38. The molecule has 1 unspecified atom stereocenters. The standard InChI is InChI=1S/C15H18O3/c1-4-15(2,16)12-10-13(17-3)18-14(12)11-8-6-5-7-9-11/h5-10,16H,4H2,1-3H3. The third-order valence-corrected chi connectivity index (χ3v) is 3.22. The number of rotatable bonds is 4. The van der Waals surface area contributed by atoms with Crippen LogP contribution in [0.2, 0.25) is 0 Å². The first-order valence-electron chi connectivity index (χ1n) is 6.04. The Kier molecular flexibility index (Phi) is 3.43. The summed E-state index contributed by atoms with van der Waals surface area (Å²) >= 11 is 0. The lowest BCUT2D eigenvalue weighted by molar-refractivity contribution is 0.0532. The zero-order valence-electron chi connectivity index (χ0n) is 10.9. The van der Waals surface area contributed by atoms with Gasteiger partial charge in [0.1, 0.15) is 5.76 Å². The number of benzene rings is 1. The van der Waals surface area contributed by atoms with Crippen LogP contribution in [0.5, 0.6) is 5.95 Å². The first kappa shape index (κ1) is 12.7. The molecule has 0 bridgehead atoms. The Morgan fingerprint density at radius 3 is 2.50 bits per heavy atom. The summed E-state index contributed by atoms with van der Waals surface area (Å²) in [5.74, 6) is 1.08. The van der Waals surface area contributed by atoms with Gasteiger partial charge in [0.25, 0.3) is 5.95 Å². The summed E-state index contributed by atoms with van der Waals surface area (Å²) in [4.78, 5) is 0. The Hall–Kier alpha value is -1.74. The summed E-state index contributed by atoms with van der Waals surface area (Å²) in [6.45, 7) is 3.72. The van der Waals surface area contributed by atoms with E-state index in [1.165, 1.54) is 0 Å². The van der Waals surface area contributed by atoms with E-state index in [0.717, 1.165) is 11.1 Å². The van der Waals surface area contributed by atoms with Crippen molar-refractivity contribution in [3.05, 3.63) is 42.0 Å². The second-order valence-electron chi connectivity index (χ2n) is 4.51. The van der Waals surface area contributed by atoms with Gasteiger partial charge in [0.15, 0.2) is 0 Å². The number of methoxy groups -OCH3 is 1. The van der Waals surface area contributed by atoms with Gasteiger partial charge in [-0.15, -0.1) is 0 Å². The summed E-state index contributed by atoms with van der Waals surface area (Å²) in [5.41, 5.74) is 0.767. The van der Waals surface area contributed by atoms with E-state index in [9.17, 15) is 5.11 Å². The van der Waals surface area contributed by atoms with Crippen LogP contribution in [0.4, 0.5) is 0 Å². The van der Waals surface area contributed by atoms with E-state index < -0.39 is 5.60 Å². The van der Waals surface area contributed by atoms with Gasteiger partial charge in [0, 0.05) is 17.2 Å². The minimum absolute atomic E-state index is 0.414. The van der Waals surface area contributed by atoms with Crippen molar-refractivity contribution >= 4 is 0 Å². The van der Waals surface area contributed by atoms with Gasteiger partial charge in [-0.05, 0) is 13.3 Å². The topological polar surface area (TPSA) is 42.6 Å². The monoisotopic (exact) mass is 246 g/mol. The Balaban J connectivity index is 2.56. The van der Waals surface area contributed by atoms with Gasteiger partial charge in [0.2, 0.25) is 0 Å². The van der Waals surface area contributed by atoms with Crippen LogP contribution in [0, 0.1) is 0 Å². The van der Waals surface area contributed by atoms with E-state index in [2.05, 4.69) is 0 Å². The highest BCUT2D eigenvalue weighted by molar-refractivity contribution is 5.63. The van der Waals surface area contributed by atoms with Gasteiger partial charge in [-0.1, -0.05) is 37.3 Å². The molecule has 0 aliphatic carbocycles. The molecule has 1 heterocycles. The molecule has 0 radical (unpaired) electrons. The van der Waals surface area contributed by atoms with E-state index in [4.69, 9.17) is 9.15 Å². The quantitative estimate of drug-likeness (QED) is 0.896. The molecule has 2 aromatic rings. The van der Waals surface area contributed by atoms with Crippen molar-refractivity contribution in [3.63, 3.8) is 0 Å². The zero-order valence-corrected chi connectivity index (χ0v) is 10.9. The van der Waals surface area contributed by atoms with Crippen LogP contribution in [-0.2, 0) is 5.60 Å². The largest absolute Gasteiger partial charge is 0.468 e. The van der Waals surface area contributed by atoms with Gasteiger partial charge in [-0.3, -0.25) is 0 Å². The molecule has 0 saturated heterocycles. The zero-order chi connectivity index (χ0) is 13.2. The Morgan fingerprint density at radius 1 is 1.28 bits per heavy atom. The molecule has 0 aliphatic rings. The number of aliphatic hydroxyl groups is 1. The number of furan rings is 1. The maximum atomic E-state index is 10.4. The van der Waals surface area contributed by atoms with Crippen LogP contribution in [0.1, 0.15) is 25.8 Å². The summed E-state index contributed by atoms with van der Waals surface area (Å²) in [7, 11) is 1.55. The highest BCUT2D eigenvalue weighted by atomic mass is 16.6. The molecule has 1 aromatic carbocycles. The molecule has 1 atom stereocenters. The molecule has 3 heteroatoms. The smallest absolute Gasteiger partial charge is 0.284 e. The molecule has 0 aliphatic heterocycles. The third kappa shape index (κ3) is 2.27. The van der Waals surface area contributed by atoms with Crippen LogP contribution < -0.4 is 4.74 Å². The van der Waals surface area contributed by atoms with Crippen molar-refractivity contribution in [2.75, 3.05) is 7.11 Å². The molecular weight excluding hydrogens is 228 g/mol. The summed E-state index contributed by atoms with van der Waals surface area (Å²) in [5, 5.41) is 10.4. The van der Waals surface area contributed by atoms with Crippen LogP contribution in [0.15, 0.2) is 40.8 Å². The van der Waals surface area contributed by atoms with E-state index in [-0.39, 0.29) is 0 Å². The first-order chi connectivity index (χ1) is 8.58. The van der Waals surface area contributed by atoms with Crippen molar-refractivity contribution in [1.29, 1.82) is 0 Å². The van der Waals surface area contributed by atoms with Gasteiger partial charge < -0.3 is 14.3 Å². The van der Waals surface area contributed by atoms with Crippen molar-refractivity contribution in [2.24, 2.45) is 0 Å². The van der Waals surface area contributed by atoms with Gasteiger partial charge in [-0.25, -0.2) is 0 Å². The molecule has 1 N–H and O–H groups in total. The molecule has 1 aromatic heterocycles. The van der Waals surface area contributed by atoms with Crippen LogP contribution in [0.25, 0.3) is 11.3 Å². The van der Waals surface area contributed by atoms with Crippen molar-refractivity contribution in [3.8, 4) is 17.3 Å². The predicted octanol–water partition coefficient (Wildman–Crippen LogP) is 3.57. The van der Waals surface area contributed by atoms with E-state index in [1.54, 1.807) is 20.1 Å². The fraction of sp³-hybridized carbons (Fsp3) is 0.333. The molecular formula is C15H18O3.